The number of carbonyl (C=O) groups is 1. The minimum Gasteiger partial charge on any atom is -0.477 e. The second-order valence-corrected chi connectivity index (χ2v) is 6.02. The number of carboxylic acids is 1. The van der Waals surface area contributed by atoms with Gasteiger partial charge in [0.05, 0.1) is 12.2 Å². The molecular formula is C14H17NO4S. The highest BCUT2D eigenvalue weighted by atomic mass is 32.1. The van der Waals surface area contributed by atoms with Crippen molar-refractivity contribution < 1.29 is 20.1 Å². The third-order valence-corrected chi connectivity index (χ3v) is 4.24. The topological polar surface area (TPSA) is 89.8 Å². The van der Waals surface area contributed by atoms with E-state index in [0.717, 1.165) is 10.1 Å². The molecule has 0 aliphatic heterocycles. The number of benzene rings is 1. The lowest BCUT2D eigenvalue weighted by Gasteiger charge is -2.20. The van der Waals surface area contributed by atoms with Crippen LogP contribution in [0, 0.1) is 0 Å². The van der Waals surface area contributed by atoms with Gasteiger partial charge in [0.2, 0.25) is 0 Å². The highest BCUT2D eigenvalue weighted by Crippen LogP contribution is 2.31. The Balaban J connectivity index is 2.24. The first kappa shape index (κ1) is 14.9. The van der Waals surface area contributed by atoms with Gasteiger partial charge in [-0.2, -0.15) is 0 Å². The molecule has 0 spiro atoms. The Bertz CT molecular complexity index is 621. The second-order valence-electron chi connectivity index (χ2n) is 4.97. The molecule has 1 atom stereocenters. The first-order valence-electron chi connectivity index (χ1n) is 6.22. The Morgan fingerprint density at radius 3 is 2.75 bits per heavy atom. The maximum Gasteiger partial charge on any atom is 0.346 e. The summed E-state index contributed by atoms with van der Waals surface area (Å²) in [5.74, 6) is -0.947. The zero-order chi connectivity index (χ0) is 14.8. The molecule has 0 radical (unpaired) electrons. The van der Waals surface area contributed by atoms with Crippen LogP contribution in [0.15, 0.2) is 24.3 Å². The first-order chi connectivity index (χ1) is 9.44. The summed E-state index contributed by atoms with van der Waals surface area (Å²) in [6.45, 7) is 1.69. The predicted molar refractivity (Wildman–Crippen MR) is 78.2 cm³/mol. The van der Waals surface area contributed by atoms with Gasteiger partial charge in [0.15, 0.2) is 0 Å². The molecule has 0 saturated carbocycles. The van der Waals surface area contributed by atoms with E-state index in [9.17, 15) is 15.0 Å². The molecule has 0 saturated heterocycles. The zero-order valence-electron chi connectivity index (χ0n) is 11.1. The van der Waals surface area contributed by atoms with Crippen molar-refractivity contribution in [2.24, 2.45) is 0 Å². The summed E-state index contributed by atoms with van der Waals surface area (Å²) < 4.78 is 0.926. The number of fused-ring (bicyclic) bond motifs is 1. The van der Waals surface area contributed by atoms with E-state index in [1.54, 1.807) is 0 Å². The van der Waals surface area contributed by atoms with Gasteiger partial charge >= 0.3 is 5.97 Å². The Hall–Kier alpha value is -1.47. The minimum absolute atomic E-state index is 0.187. The molecule has 1 aromatic heterocycles. The molecule has 0 aliphatic rings. The van der Waals surface area contributed by atoms with Crippen LogP contribution in [0.1, 0.15) is 22.2 Å². The van der Waals surface area contributed by atoms with Gasteiger partial charge in [-0.15, -0.1) is 11.3 Å². The molecule has 0 amide bonds. The molecule has 108 valence electrons. The third kappa shape index (κ3) is 3.16. The van der Waals surface area contributed by atoms with E-state index in [1.807, 2.05) is 24.3 Å². The van der Waals surface area contributed by atoms with E-state index < -0.39 is 11.6 Å². The van der Waals surface area contributed by atoms with E-state index in [0.29, 0.717) is 17.0 Å². The van der Waals surface area contributed by atoms with Gasteiger partial charge in [0.25, 0.3) is 0 Å². The fourth-order valence-corrected chi connectivity index (χ4v) is 3.02. The van der Waals surface area contributed by atoms with Gasteiger partial charge in [0.1, 0.15) is 4.88 Å². The summed E-state index contributed by atoms with van der Waals surface area (Å²) in [6, 6.07) is 7.52. The van der Waals surface area contributed by atoms with E-state index in [-0.39, 0.29) is 13.2 Å². The molecule has 20 heavy (non-hydrogen) atoms. The maximum atomic E-state index is 11.3. The van der Waals surface area contributed by atoms with Crippen molar-refractivity contribution >= 4 is 27.4 Å². The number of rotatable bonds is 6. The number of hydrogen-bond acceptors (Lipinski definition) is 5. The first-order valence-corrected chi connectivity index (χ1v) is 7.04. The third-order valence-electron chi connectivity index (χ3n) is 3.04. The van der Waals surface area contributed by atoms with Gasteiger partial charge in [-0.05, 0) is 23.9 Å². The summed E-state index contributed by atoms with van der Waals surface area (Å²) in [6.07, 6.45) is 0. The van der Waals surface area contributed by atoms with Crippen LogP contribution in [0.5, 0.6) is 0 Å². The summed E-state index contributed by atoms with van der Waals surface area (Å²) in [7, 11) is 0. The zero-order valence-corrected chi connectivity index (χ0v) is 11.9. The number of carboxylic acid groups (broad SMARTS) is 1. The van der Waals surface area contributed by atoms with Crippen LogP contribution in [-0.4, -0.2) is 40.0 Å². The van der Waals surface area contributed by atoms with E-state index in [2.05, 4.69) is 5.32 Å². The largest absolute Gasteiger partial charge is 0.477 e. The minimum atomic E-state index is -1.21. The van der Waals surface area contributed by atoms with Crippen LogP contribution in [0.3, 0.4) is 0 Å². The van der Waals surface area contributed by atoms with E-state index in [4.69, 9.17) is 5.11 Å². The van der Waals surface area contributed by atoms with E-state index in [1.165, 1.54) is 18.3 Å². The quantitative estimate of drug-likeness (QED) is 0.647. The fourth-order valence-electron chi connectivity index (χ4n) is 1.96. The van der Waals surface area contributed by atoms with Gasteiger partial charge < -0.3 is 20.6 Å². The van der Waals surface area contributed by atoms with Crippen molar-refractivity contribution in [3.63, 3.8) is 0 Å². The van der Waals surface area contributed by atoms with Crippen molar-refractivity contribution in [1.82, 2.24) is 5.32 Å². The smallest absolute Gasteiger partial charge is 0.346 e. The van der Waals surface area contributed by atoms with Crippen molar-refractivity contribution in [2.45, 2.75) is 19.1 Å². The average Bonchev–Trinajstić information content (AvgIpc) is 2.78. The van der Waals surface area contributed by atoms with Crippen molar-refractivity contribution in [3.8, 4) is 0 Å². The highest BCUT2D eigenvalue weighted by Gasteiger charge is 2.20. The second kappa shape index (κ2) is 5.88. The van der Waals surface area contributed by atoms with Crippen LogP contribution < -0.4 is 5.32 Å². The van der Waals surface area contributed by atoms with Crippen LogP contribution in [0.25, 0.3) is 10.1 Å². The summed E-state index contributed by atoms with van der Waals surface area (Å²) in [4.78, 5) is 11.6. The summed E-state index contributed by atoms with van der Waals surface area (Å²) in [5.41, 5.74) is -0.498. The molecule has 0 fully saturated rings. The molecule has 1 heterocycles. The summed E-state index contributed by atoms with van der Waals surface area (Å²) in [5, 5.41) is 31.9. The van der Waals surface area contributed by atoms with Gasteiger partial charge in [-0.25, -0.2) is 4.79 Å². The Kier molecular flexibility index (Phi) is 4.39. The Morgan fingerprint density at radius 2 is 2.10 bits per heavy atom. The predicted octanol–water partition coefficient (Wildman–Crippen LogP) is 1.43. The fraction of sp³-hybridized carbons (Fsp3) is 0.357. The molecular weight excluding hydrogens is 278 g/mol. The average molecular weight is 295 g/mol. The highest BCUT2D eigenvalue weighted by molar-refractivity contribution is 7.21. The van der Waals surface area contributed by atoms with Crippen LogP contribution >= 0.6 is 11.3 Å². The van der Waals surface area contributed by atoms with E-state index >= 15 is 0 Å². The van der Waals surface area contributed by atoms with Crippen molar-refractivity contribution in [1.29, 1.82) is 0 Å². The number of nitrogens with one attached hydrogen (secondary N) is 1. The molecule has 5 nitrogen and oxygen atoms in total. The number of thiophene rings is 1. The molecule has 1 unspecified atom stereocenters. The van der Waals surface area contributed by atoms with Crippen LogP contribution in [0.4, 0.5) is 0 Å². The Morgan fingerprint density at radius 1 is 1.40 bits per heavy atom. The monoisotopic (exact) mass is 295 g/mol. The lowest BCUT2D eigenvalue weighted by molar-refractivity contribution is 0.00255. The van der Waals surface area contributed by atoms with Gasteiger partial charge in [-0.1, -0.05) is 18.2 Å². The molecule has 4 N–H and O–H groups in total. The van der Waals surface area contributed by atoms with Crippen LogP contribution in [0.2, 0.25) is 0 Å². The molecule has 2 aromatic rings. The summed E-state index contributed by atoms with van der Waals surface area (Å²) >= 11 is 1.24. The lowest BCUT2D eigenvalue weighted by atomic mass is 10.1. The molecule has 1 aromatic carbocycles. The van der Waals surface area contributed by atoms with Gasteiger partial charge in [-0.3, -0.25) is 0 Å². The maximum absolute atomic E-state index is 11.3. The molecule has 0 aliphatic carbocycles. The van der Waals surface area contributed by atoms with Gasteiger partial charge in [0, 0.05) is 17.8 Å². The molecule has 2 rings (SSSR count). The SMILES string of the molecule is CC(O)(CO)CNCc1c(C(=O)O)sc2ccccc12. The van der Waals surface area contributed by atoms with Crippen LogP contribution in [-0.2, 0) is 6.54 Å². The number of aliphatic hydroxyl groups is 2. The number of hydrogen-bond donors (Lipinski definition) is 4. The Labute approximate surface area is 120 Å². The van der Waals surface area contributed by atoms with Crippen molar-refractivity contribution in [2.75, 3.05) is 13.2 Å². The number of aliphatic hydroxyl groups excluding tert-OH is 1. The standard InChI is InChI=1S/C14H17NO4S/c1-14(19,8-16)7-15-6-10-9-4-2-3-5-11(9)20-12(10)13(17)18/h2-5,15-16,19H,6-8H2,1H3,(H,17,18). The number of aromatic carboxylic acids is 1. The van der Waals surface area contributed by atoms with Crippen molar-refractivity contribution in [3.05, 3.63) is 34.7 Å². The lowest BCUT2D eigenvalue weighted by Crippen LogP contribution is -2.40. The molecule has 6 heteroatoms. The normalized spacial score (nSPS) is 14.3. The molecule has 0 bridgehead atoms.